The fourth-order valence-electron chi connectivity index (χ4n) is 2.86. The molecule has 0 radical (unpaired) electrons. The third-order valence-electron chi connectivity index (χ3n) is 4.09. The van der Waals surface area contributed by atoms with Gasteiger partial charge in [-0.3, -0.25) is 4.90 Å². The summed E-state index contributed by atoms with van der Waals surface area (Å²) >= 11 is 0. The van der Waals surface area contributed by atoms with Gasteiger partial charge in [-0.1, -0.05) is 18.2 Å². The largest absolute Gasteiger partial charge is 0.467 e. The SMILES string of the molecule is COc1nccc(CN2CCN(c3ccccc3C)CC2)n1. The minimum atomic E-state index is 0.441. The fraction of sp³-hybridized carbons (Fsp3) is 0.412. The van der Waals surface area contributed by atoms with Gasteiger partial charge in [0, 0.05) is 44.6 Å². The number of ether oxygens (including phenoxy) is 1. The smallest absolute Gasteiger partial charge is 0.316 e. The zero-order valence-corrected chi connectivity index (χ0v) is 13.2. The average molecular weight is 298 g/mol. The van der Waals surface area contributed by atoms with Crippen LogP contribution >= 0.6 is 0 Å². The van der Waals surface area contributed by atoms with Crippen molar-refractivity contribution in [1.29, 1.82) is 0 Å². The quantitative estimate of drug-likeness (QED) is 0.865. The molecule has 3 rings (SSSR count). The first-order chi connectivity index (χ1) is 10.8. The second-order valence-electron chi connectivity index (χ2n) is 5.58. The molecule has 1 fully saturated rings. The summed E-state index contributed by atoms with van der Waals surface area (Å²) in [5.41, 5.74) is 3.71. The Balaban J connectivity index is 1.59. The molecular formula is C17H22N4O. The van der Waals surface area contributed by atoms with Gasteiger partial charge in [0.15, 0.2) is 0 Å². The van der Waals surface area contributed by atoms with Crippen LogP contribution in [-0.4, -0.2) is 48.2 Å². The highest BCUT2D eigenvalue weighted by Gasteiger charge is 2.18. The van der Waals surface area contributed by atoms with Crippen LogP contribution in [0, 0.1) is 6.92 Å². The second kappa shape index (κ2) is 6.75. The number of rotatable bonds is 4. The molecule has 1 aliphatic heterocycles. The van der Waals surface area contributed by atoms with Gasteiger partial charge in [0.2, 0.25) is 0 Å². The maximum atomic E-state index is 5.08. The van der Waals surface area contributed by atoms with Gasteiger partial charge in [-0.2, -0.15) is 4.98 Å². The van der Waals surface area contributed by atoms with E-state index >= 15 is 0 Å². The number of para-hydroxylation sites is 1. The van der Waals surface area contributed by atoms with E-state index in [1.54, 1.807) is 13.3 Å². The van der Waals surface area contributed by atoms with Crippen LogP contribution in [0.4, 0.5) is 5.69 Å². The highest BCUT2D eigenvalue weighted by molar-refractivity contribution is 5.53. The van der Waals surface area contributed by atoms with E-state index in [-0.39, 0.29) is 0 Å². The van der Waals surface area contributed by atoms with Crippen molar-refractivity contribution < 1.29 is 4.74 Å². The summed E-state index contributed by atoms with van der Waals surface area (Å²) in [4.78, 5) is 13.3. The van der Waals surface area contributed by atoms with Crippen molar-refractivity contribution in [3.8, 4) is 6.01 Å². The molecule has 0 bridgehead atoms. The van der Waals surface area contributed by atoms with E-state index in [0.717, 1.165) is 38.4 Å². The lowest BCUT2D eigenvalue weighted by Gasteiger charge is -2.36. The minimum absolute atomic E-state index is 0.441. The van der Waals surface area contributed by atoms with Crippen LogP contribution in [0.1, 0.15) is 11.3 Å². The van der Waals surface area contributed by atoms with Gasteiger partial charge < -0.3 is 9.64 Å². The molecule has 1 aliphatic rings. The number of piperazine rings is 1. The number of anilines is 1. The lowest BCUT2D eigenvalue weighted by Crippen LogP contribution is -2.46. The van der Waals surface area contributed by atoms with Crippen LogP contribution in [0.5, 0.6) is 6.01 Å². The van der Waals surface area contributed by atoms with E-state index in [0.29, 0.717) is 6.01 Å². The summed E-state index contributed by atoms with van der Waals surface area (Å²) in [5.74, 6) is 0. The van der Waals surface area contributed by atoms with Crippen molar-refractivity contribution in [2.24, 2.45) is 0 Å². The molecule has 1 saturated heterocycles. The Morgan fingerprint density at radius 1 is 1.09 bits per heavy atom. The third-order valence-corrected chi connectivity index (χ3v) is 4.09. The standard InChI is InChI=1S/C17H22N4O/c1-14-5-3-4-6-16(14)21-11-9-20(10-12-21)13-15-7-8-18-17(19-15)22-2/h3-8H,9-13H2,1-2H3. The Morgan fingerprint density at radius 3 is 2.59 bits per heavy atom. The number of aryl methyl sites for hydroxylation is 1. The molecule has 116 valence electrons. The summed E-state index contributed by atoms with van der Waals surface area (Å²) < 4.78 is 5.08. The first-order valence-electron chi connectivity index (χ1n) is 7.65. The van der Waals surface area contributed by atoms with Crippen LogP contribution in [0.3, 0.4) is 0 Å². The van der Waals surface area contributed by atoms with Crippen molar-refractivity contribution in [3.63, 3.8) is 0 Å². The molecule has 0 atom stereocenters. The summed E-state index contributed by atoms with van der Waals surface area (Å²) in [6, 6.07) is 11.0. The Morgan fingerprint density at radius 2 is 1.86 bits per heavy atom. The fourth-order valence-corrected chi connectivity index (χ4v) is 2.86. The molecule has 1 aromatic carbocycles. The molecule has 0 amide bonds. The maximum Gasteiger partial charge on any atom is 0.316 e. The van der Waals surface area contributed by atoms with E-state index in [9.17, 15) is 0 Å². The van der Waals surface area contributed by atoms with Gasteiger partial charge in [-0.15, -0.1) is 0 Å². The van der Waals surface area contributed by atoms with Gasteiger partial charge in [-0.05, 0) is 24.6 Å². The van der Waals surface area contributed by atoms with Crippen LogP contribution < -0.4 is 9.64 Å². The third kappa shape index (κ3) is 3.36. The summed E-state index contributed by atoms with van der Waals surface area (Å²) in [7, 11) is 1.60. The molecule has 2 heterocycles. The number of methoxy groups -OCH3 is 1. The van der Waals surface area contributed by atoms with Crippen LogP contribution in [0.15, 0.2) is 36.5 Å². The number of nitrogens with zero attached hydrogens (tertiary/aromatic N) is 4. The molecule has 0 N–H and O–H groups in total. The predicted molar refractivity (Wildman–Crippen MR) is 87.3 cm³/mol. The molecular weight excluding hydrogens is 276 g/mol. The highest BCUT2D eigenvalue weighted by Crippen LogP contribution is 2.21. The predicted octanol–water partition coefficient (Wildman–Crippen LogP) is 2.12. The summed E-state index contributed by atoms with van der Waals surface area (Å²) in [6.45, 7) is 7.21. The van der Waals surface area contributed by atoms with Gasteiger partial charge in [0.1, 0.15) is 0 Å². The lowest BCUT2D eigenvalue weighted by atomic mass is 10.1. The zero-order chi connectivity index (χ0) is 15.4. The van der Waals surface area contributed by atoms with E-state index in [1.165, 1.54) is 11.3 Å². The van der Waals surface area contributed by atoms with E-state index in [2.05, 4.69) is 51.0 Å². The van der Waals surface area contributed by atoms with Crippen molar-refractivity contribution >= 4 is 5.69 Å². The topological polar surface area (TPSA) is 41.5 Å². The van der Waals surface area contributed by atoms with Gasteiger partial charge in [0.25, 0.3) is 0 Å². The molecule has 5 heteroatoms. The Bertz CT molecular complexity index is 624. The maximum absolute atomic E-state index is 5.08. The second-order valence-corrected chi connectivity index (χ2v) is 5.58. The molecule has 22 heavy (non-hydrogen) atoms. The number of hydrogen-bond donors (Lipinski definition) is 0. The molecule has 2 aromatic rings. The van der Waals surface area contributed by atoms with Crippen molar-refractivity contribution in [1.82, 2.24) is 14.9 Å². The zero-order valence-electron chi connectivity index (χ0n) is 13.2. The van der Waals surface area contributed by atoms with Gasteiger partial charge in [0.05, 0.1) is 12.8 Å². The molecule has 5 nitrogen and oxygen atoms in total. The van der Waals surface area contributed by atoms with Crippen molar-refractivity contribution in [2.45, 2.75) is 13.5 Å². The van der Waals surface area contributed by atoms with Gasteiger partial charge in [-0.25, -0.2) is 4.98 Å². The van der Waals surface area contributed by atoms with Crippen LogP contribution in [0.2, 0.25) is 0 Å². The lowest BCUT2D eigenvalue weighted by molar-refractivity contribution is 0.245. The first-order valence-corrected chi connectivity index (χ1v) is 7.65. The average Bonchev–Trinajstić information content (AvgIpc) is 2.56. The molecule has 0 aliphatic carbocycles. The Kier molecular flexibility index (Phi) is 4.53. The molecule has 0 saturated carbocycles. The number of aromatic nitrogens is 2. The Hall–Kier alpha value is -2.14. The number of benzene rings is 1. The van der Waals surface area contributed by atoms with Crippen molar-refractivity contribution in [3.05, 3.63) is 47.8 Å². The van der Waals surface area contributed by atoms with E-state index in [1.807, 2.05) is 6.07 Å². The highest BCUT2D eigenvalue weighted by atomic mass is 16.5. The van der Waals surface area contributed by atoms with E-state index < -0.39 is 0 Å². The van der Waals surface area contributed by atoms with Crippen LogP contribution in [0.25, 0.3) is 0 Å². The normalized spacial score (nSPS) is 15.8. The molecule has 0 spiro atoms. The molecule has 1 aromatic heterocycles. The van der Waals surface area contributed by atoms with Crippen LogP contribution in [-0.2, 0) is 6.54 Å². The van der Waals surface area contributed by atoms with Crippen molar-refractivity contribution in [2.75, 3.05) is 38.2 Å². The van der Waals surface area contributed by atoms with E-state index in [4.69, 9.17) is 4.74 Å². The Labute approximate surface area is 131 Å². The van der Waals surface area contributed by atoms with Gasteiger partial charge >= 0.3 is 6.01 Å². The summed E-state index contributed by atoms with van der Waals surface area (Å²) in [5, 5.41) is 0. The monoisotopic (exact) mass is 298 g/mol. The number of hydrogen-bond acceptors (Lipinski definition) is 5. The first kappa shape index (κ1) is 14.8. The summed E-state index contributed by atoms with van der Waals surface area (Å²) in [6.07, 6.45) is 1.75. The molecule has 0 unspecified atom stereocenters. The minimum Gasteiger partial charge on any atom is -0.467 e.